The Hall–Kier alpha value is -4.55. The molecule has 0 radical (unpaired) electrons. The lowest BCUT2D eigenvalue weighted by molar-refractivity contribution is 0.0906. The number of aromatic amines is 1. The standard InChI is InChI=1S/C27H32FN9O3/c1-27(2,3)25-32-24(40-35-25)23(38)30-13-16-7-6-15(12-19(16)28)18-8-10-29-21-20(18)22(34-33-21)37-11-9-17(14-37)31-26(39)36(4)5/h6-8,10,12,17H,9,11,13-14H2,1-5H3,(H,30,38)(H,31,39)(H,29,33,34)/t17-/m1/s1. The Morgan fingerprint density at radius 3 is 2.75 bits per heavy atom. The van der Waals surface area contributed by atoms with Crippen molar-refractivity contribution in [2.24, 2.45) is 0 Å². The average Bonchev–Trinajstić information content (AvgIpc) is 3.66. The van der Waals surface area contributed by atoms with Gasteiger partial charge in [0.2, 0.25) is 0 Å². The number of halogens is 1. The summed E-state index contributed by atoms with van der Waals surface area (Å²) in [5, 5.41) is 17.7. The van der Waals surface area contributed by atoms with Gasteiger partial charge in [-0.1, -0.05) is 38.1 Å². The zero-order valence-electron chi connectivity index (χ0n) is 23.1. The quantitative estimate of drug-likeness (QED) is 0.332. The normalized spacial score (nSPS) is 15.4. The van der Waals surface area contributed by atoms with Crippen LogP contribution < -0.4 is 15.5 Å². The molecule has 1 saturated heterocycles. The number of carbonyl (C=O) groups excluding carboxylic acids is 2. The van der Waals surface area contributed by atoms with Crippen LogP contribution in [0.4, 0.5) is 15.0 Å². The molecule has 4 aromatic rings. The Morgan fingerprint density at radius 1 is 1.25 bits per heavy atom. The number of hydrogen-bond donors (Lipinski definition) is 3. The number of urea groups is 1. The van der Waals surface area contributed by atoms with E-state index in [1.807, 2.05) is 26.8 Å². The van der Waals surface area contributed by atoms with Gasteiger partial charge in [0, 0.05) is 56.9 Å². The minimum Gasteiger partial charge on any atom is -0.352 e. The van der Waals surface area contributed by atoms with Crippen LogP contribution in [0.1, 0.15) is 49.3 Å². The first kappa shape index (κ1) is 27.0. The van der Waals surface area contributed by atoms with E-state index in [4.69, 9.17) is 4.52 Å². The van der Waals surface area contributed by atoms with E-state index in [0.717, 1.165) is 17.4 Å². The van der Waals surface area contributed by atoms with E-state index in [2.05, 4.69) is 40.9 Å². The third-order valence-electron chi connectivity index (χ3n) is 6.76. The number of nitrogens with zero attached hydrogens (tertiary/aromatic N) is 6. The number of aromatic nitrogens is 5. The van der Waals surface area contributed by atoms with E-state index < -0.39 is 11.7 Å². The third-order valence-corrected chi connectivity index (χ3v) is 6.76. The summed E-state index contributed by atoms with van der Waals surface area (Å²) < 4.78 is 20.3. The highest BCUT2D eigenvalue weighted by atomic mass is 19.1. The van der Waals surface area contributed by atoms with Crippen molar-refractivity contribution >= 4 is 28.8 Å². The van der Waals surface area contributed by atoms with E-state index in [0.29, 0.717) is 41.5 Å². The third kappa shape index (κ3) is 5.44. The molecule has 40 heavy (non-hydrogen) atoms. The highest BCUT2D eigenvalue weighted by Crippen LogP contribution is 2.35. The highest BCUT2D eigenvalue weighted by Gasteiger charge is 2.28. The molecule has 3 amide bonds. The minimum absolute atomic E-state index is 0.0130. The molecule has 3 aromatic heterocycles. The Kier molecular flexibility index (Phi) is 7.13. The predicted molar refractivity (Wildman–Crippen MR) is 146 cm³/mol. The van der Waals surface area contributed by atoms with Crippen LogP contribution in [-0.2, 0) is 12.0 Å². The molecule has 1 aromatic carbocycles. The molecule has 0 saturated carbocycles. The van der Waals surface area contributed by atoms with Crippen LogP contribution in [0.3, 0.4) is 0 Å². The minimum atomic E-state index is -0.573. The molecule has 1 aliphatic heterocycles. The van der Waals surface area contributed by atoms with Crippen LogP contribution in [-0.4, -0.2) is 75.4 Å². The molecule has 5 rings (SSSR count). The maximum atomic E-state index is 15.2. The number of fused-ring (bicyclic) bond motifs is 1. The van der Waals surface area contributed by atoms with Gasteiger partial charge in [-0.3, -0.25) is 9.89 Å². The lowest BCUT2D eigenvalue weighted by Gasteiger charge is -2.19. The van der Waals surface area contributed by atoms with E-state index in [9.17, 15) is 9.59 Å². The largest absolute Gasteiger partial charge is 0.352 e. The van der Waals surface area contributed by atoms with Gasteiger partial charge in [0.1, 0.15) is 5.82 Å². The average molecular weight is 550 g/mol. The number of pyridine rings is 1. The number of nitrogens with one attached hydrogen (secondary N) is 3. The van der Waals surface area contributed by atoms with Crippen molar-refractivity contribution in [1.29, 1.82) is 0 Å². The Balaban J connectivity index is 1.33. The van der Waals surface area contributed by atoms with Gasteiger partial charge < -0.3 is 25.0 Å². The van der Waals surface area contributed by atoms with Crippen molar-refractivity contribution in [2.45, 2.75) is 45.2 Å². The molecule has 4 heterocycles. The van der Waals surface area contributed by atoms with E-state index in [1.165, 1.54) is 11.0 Å². The Bertz CT molecular complexity index is 1560. The summed E-state index contributed by atoms with van der Waals surface area (Å²) in [6.45, 7) is 6.98. The number of anilines is 1. The van der Waals surface area contributed by atoms with Crippen molar-refractivity contribution < 1.29 is 18.5 Å². The molecule has 13 heteroatoms. The maximum absolute atomic E-state index is 15.2. The summed E-state index contributed by atoms with van der Waals surface area (Å²) in [5.41, 5.74) is 1.94. The summed E-state index contributed by atoms with van der Waals surface area (Å²) in [6.07, 6.45) is 2.42. The summed E-state index contributed by atoms with van der Waals surface area (Å²) in [4.78, 5) is 36.7. The second-order valence-corrected chi connectivity index (χ2v) is 11.1. The highest BCUT2D eigenvalue weighted by molar-refractivity contribution is 6.00. The van der Waals surface area contributed by atoms with Gasteiger partial charge in [-0.25, -0.2) is 14.2 Å². The van der Waals surface area contributed by atoms with Gasteiger partial charge in [-0.2, -0.15) is 10.1 Å². The first-order valence-corrected chi connectivity index (χ1v) is 13.0. The number of benzene rings is 1. The number of H-pyrrole nitrogens is 1. The van der Waals surface area contributed by atoms with Gasteiger partial charge in [-0.05, 0) is 29.7 Å². The molecular weight excluding hydrogens is 517 g/mol. The summed E-state index contributed by atoms with van der Waals surface area (Å²) in [6, 6.07) is 6.53. The number of carbonyl (C=O) groups is 2. The summed E-state index contributed by atoms with van der Waals surface area (Å²) >= 11 is 0. The van der Waals surface area contributed by atoms with Gasteiger partial charge in [-0.15, -0.1) is 0 Å². The second-order valence-electron chi connectivity index (χ2n) is 11.1. The topological polar surface area (TPSA) is 145 Å². The fourth-order valence-corrected chi connectivity index (χ4v) is 4.51. The first-order chi connectivity index (χ1) is 19.0. The Morgan fingerprint density at radius 2 is 2.05 bits per heavy atom. The smallest absolute Gasteiger partial charge is 0.317 e. The van der Waals surface area contributed by atoms with Gasteiger partial charge in [0.25, 0.3) is 0 Å². The van der Waals surface area contributed by atoms with Crippen LogP contribution in [0, 0.1) is 5.82 Å². The zero-order chi connectivity index (χ0) is 28.6. The second kappa shape index (κ2) is 10.5. The first-order valence-electron chi connectivity index (χ1n) is 13.0. The lowest BCUT2D eigenvalue weighted by atomic mass is 9.96. The van der Waals surface area contributed by atoms with Crippen LogP contribution in [0.5, 0.6) is 0 Å². The molecule has 1 atom stereocenters. The van der Waals surface area contributed by atoms with Crippen molar-refractivity contribution in [3.63, 3.8) is 0 Å². The van der Waals surface area contributed by atoms with E-state index in [-0.39, 0.29) is 29.9 Å². The summed E-state index contributed by atoms with van der Waals surface area (Å²) in [5.74, 6) is -0.0969. The molecule has 1 aliphatic rings. The van der Waals surface area contributed by atoms with E-state index >= 15 is 4.39 Å². The van der Waals surface area contributed by atoms with Gasteiger partial charge in [0.05, 0.1) is 5.39 Å². The predicted octanol–water partition coefficient (Wildman–Crippen LogP) is 3.22. The van der Waals surface area contributed by atoms with Crippen molar-refractivity contribution in [3.8, 4) is 11.1 Å². The van der Waals surface area contributed by atoms with Gasteiger partial charge >= 0.3 is 17.8 Å². The summed E-state index contributed by atoms with van der Waals surface area (Å²) in [7, 11) is 3.41. The molecule has 1 fully saturated rings. The van der Waals surface area contributed by atoms with Crippen LogP contribution in [0.2, 0.25) is 0 Å². The molecule has 210 valence electrons. The van der Waals surface area contributed by atoms with Crippen molar-refractivity contribution in [2.75, 3.05) is 32.1 Å². The van der Waals surface area contributed by atoms with Gasteiger partial charge in [0.15, 0.2) is 17.3 Å². The zero-order valence-corrected chi connectivity index (χ0v) is 23.1. The van der Waals surface area contributed by atoms with E-state index in [1.54, 1.807) is 32.4 Å². The molecule has 3 N–H and O–H groups in total. The molecule has 0 spiro atoms. The lowest BCUT2D eigenvalue weighted by Crippen LogP contribution is -2.42. The number of hydrogen-bond acceptors (Lipinski definition) is 8. The molecule has 0 unspecified atom stereocenters. The fraction of sp³-hybridized carbons (Fsp3) is 0.407. The Labute approximate surface area is 230 Å². The monoisotopic (exact) mass is 549 g/mol. The molecular formula is C27H32FN9O3. The number of amides is 3. The molecule has 0 aliphatic carbocycles. The van der Waals surface area contributed by atoms with Crippen molar-refractivity contribution in [3.05, 3.63) is 53.6 Å². The van der Waals surface area contributed by atoms with Crippen LogP contribution in [0.15, 0.2) is 35.0 Å². The van der Waals surface area contributed by atoms with Crippen LogP contribution in [0.25, 0.3) is 22.2 Å². The maximum Gasteiger partial charge on any atom is 0.317 e. The molecule has 12 nitrogen and oxygen atoms in total. The van der Waals surface area contributed by atoms with Crippen molar-refractivity contribution in [1.82, 2.24) is 40.9 Å². The number of rotatable bonds is 6. The van der Waals surface area contributed by atoms with Crippen LogP contribution >= 0.6 is 0 Å². The SMILES string of the molecule is CN(C)C(=O)N[C@@H]1CCN(c2n[nH]c3nccc(-c4ccc(CNC(=O)c5nc(C(C)(C)C)no5)c(F)c4)c23)C1. The molecule has 0 bridgehead atoms. The fourth-order valence-electron chi connectivity index (χ4n) is 4.51.